The molecule has 46 heavy (non-hydrogen) atoms. The molecule has 1 fully saturated rings. The number of carboxylic acid groups (broad SMARTS) is 1. The summed E-state index contributed by atoms with van der Waals surface area (Å²) in [6, 6.07) is 20.8. The van der Waals surface area contributed by atoms with Gasteiger partial charge in [-0.25, -0.2) is 0 Å². The van der Waals surface area contributed by atoms with Gasteiger partial charge in [0.1, 0.15) is 18.4 Å². The Kier molecular flexibility index (Phi) is 12.0. The van der Waals surface area contributed by atoms with Crippen LogP contribution in [-0.2, 0) is 19.7 Å². The van der Waals surface area contributed by atoms with Crippen LogP contribution in [0.15, 0.2) is 72.8 Å². The number of carbonyl (C=O) groups is 2. The normalized spacial score (nSPS) is 14.2. The molecule has 1 aliphatic heterocycles. The lowest BCUT2D eigenvalue weighted by Crippen LogP contribution is -2.55. The van der Waals surface area contributed by atoms with Gasteiger partial charge in [0.25, 0.3) is 16.1 Å². The minimum atomic E-state index is -3.94. The van der Waals surface area contributed by atoms with Crippen LogP contribution in [0.1, 0.15) is 35.3 Å². The van der Waals surface area contributed by atoms with Gasteiger partial charge in [0.2, 0.25) is 0 Å². The molecule has 0 radical (unpaired) electrons. The number of hydrogen-bond donors (Lipinski definition) is 4. The van der Waals surface area contributed by atoms with E-state index in [2.05, 4.69) is 32.3 Å². The van der Waals surface area contributed by atoms with Crippen molar-refractivity contribution in [2.24, 2.45) is 5.92 Å². The average Bonchev–Trinajstić information content (AvgIpc) is 3.06. The van der Waals surface area contributed by atoms with Crippen molar-refractivity contribution in [2.45, 2.75) is 19.9 Å². The van der Waals surface area contributed by atoms with Gasteiger partial charge in [0.05, 0.1) is 17.9 Å². The van der Waals surface area contributed by atoms with Crippen molar-refractivity contribution < 1.29 is 32.6 Å². The van der Waals surface area contributed by atoms with Gasteiger partial charge in [0.15, 0.2) is 0 Å². The number of nitrogens with zero attached hydrogens (tertiary/aromatic N) is 2. The lowest BCUT2D eigenvalue weighted by Gasteiger charge is -2.36. The highest BCUT2D eigenvalue weighted by Gasteiger charge is 2.33. The summed E-state index contributed by atoms with van der Waals surface area (Å²) < 4.78 is 40.0. The summed E-state index contributed by atoms with van der Waals surface area (Å²) in [7, 11) is -2.36. The maximum absolute atomic E-state index is 13.1. The zero-order chi connectivity index (χ0) is 33.1. The number of carbonyl (C=O) groups excluding carboxylic acids is 1. The molecule has 1 amide bonds. The summed E-state index contributed by atoms with van der Waals surface area (Å²) in [5, 5.41) is 9.37. The molecule has 0 aliphatic carbocycles. The summed E-state index contributed by atoms with van der Waals surface area (Å²) in [4.78, 5) is 26.6. The second-order valence-corrected chi connectivity index (χ2v) is 12.6. The first-order chi connectivity index (χ1) is 22.1. The van der Waals surface area contributed by atoms with Crippen molar-refractivity contribution in [3.8, 4) is 17.6 Å². The second kappa shape index (κ2) is 16.1. The molecule has 3 aromatic carbocycles. The molecule has 0 aromatic heterocycles. The van der Waals surface area contributed by atoms with Gasteiger partial charge in [-0.1, -0.05) is 43.9 Å². The highest BCUT2D eigenvalue weighted by Crippen LogP contribution is 2.22. The van der Waals surface area contributed by atoms with Crippen LogP contribution >= 0.6 is 0 Å². The number of hydrazine groups is 1. The topological polar surface area (TPSA) is 150 Å². The Morgan fingerprint density at radius 1 is 0.913 bits per heavy atom. The van der Waals surface area contributed by atoms with E-state index in [0.717, 1.165) is 16.9 Å². The zero-order valence-electron chi connectivity index (χ0n) is 26.0. The van der Waals surface area contributed by atoms with Crippen LogP contribution in [0.25, 0.3) is 0 Å². The second-order valence-electron chi connectivity index (χ2n) is 10.9. The molecule has 13 heteroatoms. The minimum absolute atomic E-state index is 0.225. The van der Waals surface area contributed by atoms with Gasteiger partial charge >= 0.3 is 5.97 Å². The predicted octanol–water partition coefficient (Wildman–Crippen LogP) is 2.93. The van der Waals surface area contributed by atoms with E-state index in [1.54, 1.807) is 39.2 Å². The summed E-state index contributed by atoms with van der Waals surface area (Å²) >= 11 is 0. The number of amides is 1. The van der Waals surface area contributed by atoms with Gasteiger partial charge in [0, 0.05) is 50.1 Å². The molecule has 0 spiro atoms. The van der Waals surface area contributed by atoms with E-state index >= 15 is 0 Å². The van der Waals surface area contributed by atoms with Crippen molar-refractivity contribution in [2.75, 3.05) is 56.8 Å². The average molecular weight is 650 g/mol. The van der Waals surface area contributed by atoms with Gasteiger partial charge in [-0.15, -0.1) is 0 Å². The fourth-order valence-corrected chi connectivity index (χ4v) is 6.14. The van der Waals surface area contributed by atoms with Gasteiger partial charge in [-0.2, -0.15) is 17.4 Å². The van der Waals surface area contributed by atoms with Crippen molar-refractivity contribution >= 4 is 33.5 Å². The first-order valence-corrected chi connectivity index (χ1v) is 16.3. The maximum Gasteiger partial charge on any atom is 0.322 e. The third-order valence-electron chi connectivity index (χ3n) is 7.23. The number of aliphatic carboxylic acids is 1. The van der Waals surface area contributed by atoms with E-state index in [0.29, 0.717) is 36.6 Å². The van der Waals surface area contributed by atoms with Crippen molar-refractivity contribution in [3.63, 3.8) is 0 Å². The number of benzene rings is 3. The van der Waals surface area contributed by atoms with E-state index in [4.69, 9.17) is 9.47 Å². The number of rotatable bonds is 13. The Balaban J connectivity index is 1.40. The van der Waals surface area contributed by atoms with E-state index in [-0.39, 0.29) is 25.6 Å². The zero-order valence-corrected chi connectivity index (χ0v) is 26.8. The molecule has 1 atom stereocenters. The fraction of sp³-hybridized carbons (Fsp3) is 0.333. The molecule has 0 bridgehead atoms. The Hall–Kier alpha value is -4.61. The first-order valence-electron chi connectivity index (χ1n) is 14.8. The molecule has 1 saturated heterocycles. The largest absolute Gasteiger partial charge is 0.490 e. The van der Waals surface area contributed by atoms with Crippen molar-refractivity contribution in [3.05, 3.63) is 89.5 Å². The minimum Gasteiger partial charge on any atom is -0.490 e. The maximum atomic E-state index is 13.1. The van der Waals surface area contributed by atoms with Crippen LogP contribution in [0.5, 0.6) is 5.75 Å². The molecule has 4 rings (SSSR count). The number of hydrogen-bond acceptors (Lipinski definition) is 8. The standard InChI is InChI=1S/C33H39N5O7S/c1-24(2)31(33(40)41)36-46(42,43)38-19-17-37(18-20-38)28-14-11-25(12-15-28)9-10-26-13-16-30(45-22-21-44-3)29(23-26)32(39)35-34-27-7-5-4-6-8-27/h4-8,11-16,23-24,31,34,36H,17-22H2,1-3H3,(H,35,39)(H,40,41)/t31-/m1/s1. The quantitative estimate of drug-likeness (QED) is 0.125. The number of methoxy groups -OCH3 is 1. The Bertz CT molecular complexity index is 1650. The highest BCUT2D eigenvalue weighted by molar-refractivity contribution is 7.87. The monoisotopic (exact) mass is 649 g/mol. The number of nitrogens with one attached hydrogen (secondary N) is 3. The van der Waals surface area contributed by atoms with Gasteiger partial charge in [-0.05, 0) is 60.5 Å². The van der Waals surface area contributed by atoms with Crippen LogP contribution in [0.4, 0.5) is 11.4 Å². The number of anilines is 2. The predicted molar refractivity (Wildman–Crippen MR) is 176 cm³/mol. The molecule has 1 aliphatic rings. The third-order valence-corrected chi connectivity index (χ3v) is 8.83. The Labute approximate surface area is 269 Å². The highest BCUT2D eigenvalue weighted by atomic mass is 32.2. The van der Waals surface area contributed by atoms with Crippen LogP contribution in [-0.4, -0.2) is 82.3 Å². The van der Waals surface area contributed by atoms with E-state index < -0.39 is 28.1 Å². The molecule has 12 nitrogen and oxygen atoms in total. The van der Waals surface area contributed by atoms with Gasteiger partial charge < -0.3 is 19.5 Å². The van der Waals surface area contributed by atoms with Gasteiger partial charge in [-0.3, -0.25) is 20.4 Å². The Morgan fingerprint density at radius 3 is 2.20 bits per heavy atom. The van der Waals surface area contributed by atoms with Crippen LogP contribution in [0, 0.1) is 17.8 Å². The summed E-state index contributed by atoms with van der Waals surface area (Å²) in [5.74, 6) is 4.67. The van der Waals surface area contributed by atoms with E-state index in [1.807, 2.05) is 54.6 Å². The van der Waals surface area contributed by atoms with Crippen molar-refractivity contribution in [1.82, 2.24) is 14.5 Å². The van der Waals surface area contributed by atoms with Crippen LogP contribution in [0.3, 0.4) is 0 Å². The lowest BCUT2D eigenvalue weighted by molar-refractivity contribution is -0.140. The number of ether oxygens (including phenoxy) is 2. The molecule has 244 valence electrons. The lowest BCUT2D eigenvalue weighted by atomic mass is 10.1. The fourth-order valence-electron chi connectivity index (χ4n) is 4.66. The van der Waals surface area contributed by atoms with Crippen LogP contribution in [0.2, 0.25) is 0 Å². The number of carboxylic acids is 1. The smallest absolute Gasteiger partial charge is 0.322 e. The van der Waals surface area contributed by atoms with E-state index in [1.165, 1.54) is 4.31 Å². The number of para-hydroxylation sites is 1. The first kappa shape index (κ1) is 34.3. The molecule has 1 heterocycles. The summed E-state index contributed by atoms with van der Waals surface area (Å²) in [6.07, 6.45) is 0. The summed E-state index contributed by atoms with van der Waals surface area (Å²) in [6.45, 7) is 5.33. The van der Waals surface area contributed by atoms with Crippen molar-refractivity contribution in [1.29, 1.82) is 0 Å². The summed E-state index contributed by atoms with van der Waals surface area (Å²) in [5.41, 5.74) is 8.95. The molecule has 3 aromatic rings. The molecular weight excluding hydrogens is 610 g/mol. The van der Waals surface area contributed by atoms with Crippen LogP contribution < -0.4 is 25.2 Å². The SMILES string of the molecule is COCCOc1ccc(C#Cc2ccc(N3CCN(S(=O)(=O)N[C@@H](C(=O)O)C(C)C)CC3)cc2)cc1C(=O)NNc1ccccc1. The molecular formula is C33H39N5O7S. The van der Waals surface area contributed by atoms with E-state index in [9.17, 15) is 23.1 Å². The number of piperazine rings is 1. The molecule has 4 N–H and O–H groups in total. The third kappa shape index (κ3) is 9.45. The Morgan fingerprint density at radius 2 is 1.57 bits per heavy atom. The molecule has 0 unspecified atom stereocenters. The molecule has 0 saturated carbocycles.